The lowest BCUT2D eigenvalue weighted by molar-refractivity contribution is 1.03. The topological polar surface area (TPSA) is 48.6 Å². The number of aromatic nitrogens is 2. The van der Waals surface area contributed by atoms with Gasteiger partial charge in [0.1, 0.15) is 0 Å². The molecule has 3 nitrogen and oxygen atoms in total. The molecular formula is C13H11ClN2O. The molecule has 3 aromatic rings. The number of para-hydroxylation sites is 1. The van der Waals surface area contributed by atoms with Crippen molar-refractivity contribution in [3.63, 3.8) is 0 Å². The largest absolute Gasteiger partial charge is 0.352 e. The second-order valence-electron chi connectivity index (χ2n) is 4.04. The van der Waals surface area contributed by atoms with Crippen LogP contribution in [0.5, 0.6) is 0 Å². The Labute approximate surface area is 102 Å². The van der Waals surface area contributed by atoms with E-state index in [-0.39, 0.29) is 5.56 Å². The van der Waals surface area contributed by atoms with Crippen LogP contribution in [0.3, 0.4) is 0 Å². The van der Waals surface area contributed by atoms with Crippen molar-refractivity contribution < 1.29 is 0 Å². The van der Waals surface area contributed by atoms with E-state index in [9.17, 15) is 4.79 Å². The van der Waals surface area contributed by atoms with Gasteiger partial charge in [-0.05, 0) is 12.5 Å². The van der Waals surface area contributed by atoms with E-state index < -0.39 is 0 Å². The number of fused-ring (bicyclic) bond motifs is 3. The predicted octanol–water partition coefficient (Wildman–Crippen LogP) is 3.23. The number of nitrogens with one attached hydrogen (secondary N) is 2. The molecule has 0 aliphatic heterocycles. The lowest BCUT2D eigenvalue weighted by Gasteiger charge is -1.98. The minimum atomic E-state index is -0.0739. The number of aromatic amines is 2. The van der Waals surface area contributed by atoms with Gasteiger partial charge in [0.2, 0.25) is 5.56 Å². The average molecular weight is 247 g/mol. The van der Waals surface area contributed by atoms with Crippen LogP contribution in [-0.2, 0) is 6.42 Å². The zero-order valence-electron chi connectivity index (χ0n) is 9.30. The van der Waals surface area contributed by atoms with E-state index in [1.165, 1.54) is 0 Å². The summed E-state index contributed by atoms with van der Waals surface area (Å²) in [7, 11) is 0. The van der Waals surface area contributed by atoms with Gasteiger partial charge in [-0.25, -0.2) is 0 Å². The molecule has 17 heavy (non-hydrogen) atoms. The third kappa shape index (κ3) is 1.46. The summed E-state index contributed by atoms with van der Waals surface area (Å²) in [5, 5.41) is 2.60. The van der Waals surface area contributed by atoms with Gasteiger partial charge in [0.25, 0.3) is 0 Å². The fourth-order valence-corrected chi connectivity index (χ4v) is 2.46. The molecule has 1 aromatic carbocycles. The van der Waals surface area contributed by atoms with Gasteiger partial charge in [-0.2, -0.15) is 0 Å². The predicted molar refractivity (Wildman–Crippen MR) is 70.8 cm³/mol. The zero-order valence-corrected chi connectivity index (χ0v) is 10.1. The molecule has 0 amide bonds. The molecule has 0 aliphatic rings. The fraction of sp³-hybridized carbons (Fsp3) is 0.154. The van der Waals surface area contributed by atoms with Crippen molar-refractivity contribution in [1.82, 2.24) is 9.97 Å². The molecule has 0 atom stereocenters. The van der Waals surface area contributed by atoms with Crippen LogP contribution in [0.25, 0.3) is 21.8 Å². The van der Waals surface area contributed by atoms with Crippen molar-refractivity contribution in [1.29, 1.82) is 0 Å². The number of pyridine rings is 1. The van der Waals surface area contributed by atoms with E-state index in [0.29, 0.717) is 5.02 Å². The summed E-state index contributed by atoms with van der Waals surface area (Å²) in [6, 6.07) is 7.32. The van der Waals surface area contributed by atoms with Crippen molar-refractivity contribution in [2.45, 2.75) is 13.3 Å². The molecule has 2 heterocycles. The highest BCUT2D eigenvalue weighted by Crippen LogP contribution is 2.30. The van der Waals surface area contributed by atoms with Gasteiger partial charge >= 0.3 is 0 Å². The van der Waals surface area contributed by atoms with Crippen molar-refractivity contribution in [2.75, 3.05) is 0 Å². The molecule has 0 bridgehead atoms. The fourth-order valence-electron chi connectivity index (χ4n) is 2.23. The first-order chi connectivity index (χ1) is 8.20. The Balaban J connectivity index is 2.60. The van der Waals surface area contributed by atoms with Gasteiger partial charge in [-0.1, -0.05) is 30.7 Å². The summed E-state index contributed by atoms with van der Waals surface area (Å²) in [4.78, 5) is 17.7. The van der Waals surface area contributed by atoms with Crippen LogP contribution >= 0.6 is 11.6 Å². The molecule has 2 N–H and O–H groups in total. The number of hydrogen-bond acceptors (Lipinski definition) is 1. The summed E-state index contributed by atoms with van der Waals surface area (Å²) in [5.74, 6) is 0. The molecule has 86 valence electrons. The van der Waals surface area contributed by atoms with E-state index >= 15 is 0 Å². The highest BCUT2D eigenvalue weighted by Gasteiger charge is 2.10. The molecule has 0 spiro atoms. The normalized spacial score (nSPS) is 11.4. The second-order valence-corrected chi connectivity index (χ2v) is 4.45. The van der Waals surface area contributed by atoms with Crippen molar-refractivity contribution in [3.05, 3.63) is 45.3 Å². The number of H-pyrrole nitrogens is 2. The number of halogens is 1. The van der Waals surface area contributed by atoms with Crippen LogP contribution in [0, 0.1) is 0 Å². The Morgan fingerprint density at radius 1 is 1.18 bits per heavy atom. The van der Waals surface area contributed by atoms with E-state index in [2.05, 4.69) is 9.97 Å². The van der Waals surface area contributed by atoms with Gasteiger partial charge in [0.15, 0.2) is 0 Å². The lowest BCUT2D eigenvalue weighted by Crippen LogP contribution is -2.06. The Morgan fingerprint density at radius 2 is 2.00 bits per heavy atom. The summed E-state index contributed by atoms with van der Waals surface area (Å²) < 4.78 is 0. The molecule has 0 radical (unpaired) electrons. The van der Waals surface area contributed by atoms with Gasteiger partial charge in [0, 0.05) is 22.5 Å². The quantitative estimate of drug-likeness (QED) is 0.681. The van der Waals surface area contributed by atoms with Crippen LogP contribution in [-0.4, -0.2) is 9.97 Å². The standard InChI is InChI=1S/C13H11ClN2O/c1-2-10-13-8(6-11(17)15-10)7-4-3-5-9(14)12(7)16-13/h3-6,16H,2H2,1H3,(H,15,17). The Hall–Kier alpha value is -1.74. The molecule has 0 fully saturated rings. The van der Waals surface area contributed by atoms with Gasteiger partial charge in [0.05, 0.1) is 16.1 Å². The van der Waals surface area contributed by atoms with Crippen LogP contribution in [0.1, 0.15) is 12.6 Å². The first-order valence-electron chi connectivity index (χ1n) is 5.53. The number of hydrogen-bond donors (Lipinski definition) is 2. The number of rotatable bonds is 1. The van der Waals surface area contributed by atoms with Crippen molar-refractivity contribution in [2.24, 2.45) is 0 Å². The SMILES string of the molecule is CCc1[nH]c(=O)cc2c1[nH]c1c(Cl)cccc12. The molecule has 4 heteroatoms. The van der Waals surface area contributed by atoms with Crippen molar-refractivity contribution >= 4 is 33.4 Å². The monoisotopic (exact) mass is 246 g/mol. The Morgan fingerprint density at radius 3 is 2.76 bits per heavy atom. The zero-order chi connectivity index (χ0) is 12.0. The minimum Gasteiger partial charge on any atom is -0.352 e. The smallest absolute Gasteiger partial charge is 0.248 e. The van der Waals surface area contributed by atoms with Gasteiger partial charge < -0.3 is 9.97 Å². The first kappa shape index (κ1) is 10.4. The van der Waals surface area contributed by atoms with Crippen LogP contribution in [0.2, 0.25) is 5.02 Å². The third-order valence-electron chi connectivity index (χ3n) is 3.03. The maximum absolute atomic E-state index is 11.6. The molecule has 0 saturated carbocycles. The maximum atomic E-state index is 11.6. The van der Waals surface area contributed by atoms with Crippen LogP contribution < -0.4 is 5.56 Å². The molecular weight excluding hydrogens is 236 g/mol. The third-order valence-corrected chi connectivity index (χ3v) is 3.34. The second kappa shape index (κ2) is 3.64. The van der Waals surface area contributed by atoms with Gasteiger partial charge in [-0.15, -0.1) is 0 Å². The first-order valence-corrected chi connectivity index (χ1v) is 5.90. The number of aryl methyl sites for hydroxylation is 1. The Bertz CT molecular complexity index is 770. The lowest BCUT2D eigenvalue weighted by atomic mass is 10.1. The minimum absolute atomic E-state index is 0.0739. The number of benzene rings is 1. The highest BCUT2D eigenvalue weighted by molar-refractivity contribution is 6.36. The maximum Gasteiger partial charge on any atom is 0.248 e. The highest BCUT2D eigenvalue weighted by atomic mass is 35.5. The van der Waals surface area contributed by atoms with E-state index in [1.807, 2.05) is 25.1 Å². The van der Waals surface area contributed by atoms with E-state index in [0.717, 1.165) is 33.9 Å². The Kier molecular flexibility index (Phi) is 2.23. The van der Waals surface area contributed by atoms with Crippen LogP contribution in [0.4, 0.5) is 0 Å². The summed E-state index contributed by atoms with van der Waals surface area (Å²) in [6.45, 7) is 2.01. The average Bonchev–Trinajstić information content (AvgIpc) is 2.68. The molecule has 0 unspecified atom stereocenters. The molecule has 3 rings (SSSR count). The molecule has 0 aliphatic carbocycles. The molecule has 2 aromatic heterocycles. The summed E-state index contributed by atoms with van der Waals surface area (Å²) >= 11 is 6.14. The van der Waals surface area contributed by atoms with E-state index in [1.54, 1.807) is 6.07 Å². The van der Waals surface area contributed by atoms with Crippen molar-refractivity contribution in [3.8, 4) is 0 Å². The van der Waals surface area contributed by atoms with Crippen LogP contribution in [0.15, 0.2) is 29.1 Å². The molecule has 0 saturated heterocycles. The van der Waals surface area contributed by atoms with Gasteiger partial charge in [-0.3, -0.25) is 4.79 Å². The summed E-state index contributed by atoms with van der Waals surface area (Å²) in [5.41, 5.74) is 2.70. The van der Waals surface area contributed by atoms with E-state index in [4.69, 9.17) is 11.6 Å². The summed E-state index contributed by atoms with van der Waals surface area (Å²) in [6.07, 6.45) is 0.775.